The molecule has 2 rings (SSSR count). The molecule has 0 saturated heterocycles. The zero-order valence-electron chi connectivity index (χ0n) is 9.97. The molecule has 0 radical (unpaired) electrons. The molecule has 0 aliphatic heterocycles. The van der Waals surface area contributed by atoms with Gasteiger partial charge in [0.15, 0.2) is 0 Å². The first kappa shape index (κ1) is 13.8. The second-order valence-corrected chi connectivity index (χ2v) is 5.27. The van der Waals surface area contributed by atoms with Crippen molar-refractivity contribution in [1.29, 1.82) is 0 Å². The van der Waals surface area contributed by atoms with Crippen molar-refractivity contribution in [3.05, 3.63) is 53.6 Å². The first-order valence-corrected chi connectivity index (χ1v) is 6.98. The third-order valence-electron chi connectivity index (χ3n) is 2.34. The Balaban J connectivity index is 1.89. The molecular formula is C14H12ClNO2S. The molecule has 0 bridgehead atoms. The highest BCUT2D eigenvalue weighted by Crippen LogP contribution is 2.26. The van der Waals surface area contributed by atoms with Gasteiger partial charge < -0.3 is 10.4 Å². The van der Waals surface area contributed by atoms with Crippen molar-refractivity contribution in [3.8, 4) is 5.75 Å². The Hall–Kier alpha value is -1.65. The van der Waals surface area contributed by atoms with Gasteiger partial charge in [0.25, 0.3) is 0 Å². The van der Waals surface area contributed by atoms with Crippen LogP contribution in [0.15, 0.2) is 53.4 Å². The number of aromatic hydroxyl groups is 1. The molecular weight excluding hydrogens is 282 g/mol. The Morgan fingerprint density at radius 3 is 2.63 bits per heavy atom. The van der Waals surface area contributed by atoms with Crippen LogP contribution in [0.3, 0.4) is 0 Å². The normalized spacial score (nSPS) is 10.2. The van der Waals surface area contributed by atoms with Crippen LogP contribution >= 0.6 is 23.4 Å². The Morgan fingerprint density at radius 1 is 1.21 bits per heavy atom. The summed E-state index contributed by atoms with van der Waals surface area (Å²) in [5, 5.41) is 12.2. The van der Waals surface area contributed by atoms with Gasteiger partial charge in [-0.3, -0.25) is 4.79 Å². The van der Waals surface area contributed by atoms with Crippen LogP contribution in [0.4, 0.5) is 5.69 Å². The number of benzene rings is 2. The number of rotatable bonds is 4. The smallest absolute Gasteiger partial charge is 0.234 e. The molecule has 0 aliphatic rings. The molecule has 0 fully saturated rings. The van der Waals surface area contributed by atoms with E-state index in [1.165, 1.54) is 23.9 Å². The summed E-state index contributed by atoms with van der Waals surface area (Å²) in [5.41, 5.74) is 0.571. The van der Waals surface area contributed by atoms with Gasteiger partial charge in [0.2, 0.25) is 5.91 Å². The van der Waals surface area contributed by atoms with E-state index in [2.05, 4.69) is 5.32 Å². The number of amides is 1. The molecule has 3 nitrogen and oxygen atoms in total. The Morgan fingerprint density at radius 2 is 1.95 bits per heavy atom. The highest BCUT2D eigenvalue weighted by atomic mass is 35.5. The topological polar surface area (TPSA) is 49.3 Å². The van der Waals surface area contributed by atoms with Crippen molar-refractivity contribution in [2.24, 2.45) is 0 Å². The van der Waals surface area contributed by atoms with E-state index in [4.69, 9.17) is 11.6 Å². The summed E-state index contributed by atoms with van der Waals surface area (Å²) in [7, 11) is 0. The summed E-state index contributed by atoms with van der Waals surface area (Å²) in [5.74, 6) is 0.205. The number of hydrogen-bond donors (Lipinski definition) is 2. The molecule has 0 spiro atoms. The molecule has 0 aromatic heterocycles. The van der Waals surface area contributed by atoms with E-state index in [0.717, 1.165) is 4.90 Å². The second kappa shape index (κ2) is 6.50. The van der Waals surface area contributed by atoms with Gasteiger partial charge in [-0.2, -0.15) is 0 Å². The molecule has 19 heavy (non-hydrogen) atoms. The minimum atomic E-state index is -0.115. The highest BCUT2D eigenvalue weighted by Gasteiger charge is 2.05. The van der Waals surface area contributed by atoms with E-state index in [9.17, 15) is 9.90 Å². The number of hydrogen-bond acceptors (Lipinski definition) is 3. The molecule has 98 valence electrons. The van der Waals surface area contributed by atoms with Crippen LogP contribution in [-0.2, 0) is 4.79 Å². The zero-order valence-corrected chi connectivity index (χ0v) is 11.5. The summed E-state index contributed by atoms with van der Waals surface area (Å²) in [6.07, 6.45) is 0. The molecule has 0 aliphatic carbocycles. The summed E-state index contributed by atoms with van der Waals surface area (Å²) in [6, 6.07) is 14.3. The molecule has 2 aromatic rings. The summed E-state index contributed by atoms with van der Waals surface area (Å²) in [6.45, 7) is 0. The zero-order chi connectivity index (χ0) is 13.7. The number of thioether (sulfide) groups is 1. The maximum absolute atomic E-state index is 11.7. The van der Waals surface area contributed by atoms with Gasteiger partial charge in [0.05, 0.1) is 10.8 Å². The molecule has 2 aromatic carbocycles. The fourth-order valence-corrected chi connectivity index (χ4v) is 2.35. The SMILES string of the molecule is O=C(CSc1ccccc1)Nc1ccc(O)c(Cl)c1. The number of carbonyl (C=O) groups excluding carboxylic acids is 1. The van der Waals surface area contributed by atoms with Crippen molar-refractivity contribution in [2.45, 2.75) is 4.90 Å². The second-order valence-electron chi connectivity index (χ2n) is 3.82. The molecule has 1 amide bonds. The monoisotopic (exact) mass is 293 g/mol. The lowest BCUT2D eigenvalue weighted by molar-refractivity contribution is -0.113. The lowest BCUT2D eigenvalue weighted by Crippen LogP contribution is -2.13. The maximum Gasteiger partial charge on any atom is 0.234 e. The molecule has 0 saturated carbocycles. The minimum absolute atomic E-state index is 0.00155. The van der Waals surface area contributed by atoms with E-state index < -0.39 is 0 Å². The number of phenols is 1. The average Bonchev–Trinajstić information content (AvgIpc) is 2.42. The van der Waals surface area contributed by atoms with Gasteiger partial charge in [-0.15, -0.1) is 11.8 Å². The van der Waals surface area contributed by atoms with Crippen molar-refractivity contribution in [3.63, 3.8) is 0 Å². The predicted octanol–water partition coefficient (Wildman–Crippen LogP) is 3.78. The third kappa shape index (κ3) is 4.19. The first-order chi connectivity index (χ1) is 9.15. The third-order valence-corrected chi connectivity index (χ3v) is 3.66. The quantitative estimate of drug-likeness (QED) is 0.666. The molecule has 0 heterocycles. The lowest BCUT2D eigenvalue weighted by atomic mass is 10.3. The molecule has 2 N–H and O–H groups in total. The number of nitrogens with one attached hydrogen (secondary N) is 1. The van der Waals surface area contributed by atoms with Crippen molar-refractivity contribution in [1.82, 2.24) is 0 Å². The fourth-order valence-electron chi connectivity index (χ4n) is 1.45. The van der Waals surface area contributed by atoms with Gasteiger partial charge in [-0.05, 0) is 30.3 Å². The fraction of sp³-hybridized carbons (Fsp3) is 0.0714. The average molecular weight is 294 g/mol. The predicted molar refractivity (Wildman–Crippen MR) is 78.9 cm³/mol. The van der Waals surface area contributed by atoms with Gasteiger partial charge in [0, 0.05) is 10.6 Å². The van der Waals surface area contributed by atoms with Crippen LogP contribution in [0.25, 0.3) is 0 Å². The van der Waals surface area contributed by atoms with Gasteiger partial charge in [-0.1, -0.05) is 29.8 Å². The Kier molecular flexibility index (Phi) is 4.71. The molecule has 0 atom stereocenters. The van der Waals surface area contributed by atoms with Gasteiger partial charge in [-0.25, -0.2) is 0 Å². The van der Waals surface area contributed by atoms with Crippen LogP contribution in [-0.4, -0.2) is 16.8 Å². The largest absolute Gasteiger partial charge is 0.506 e. The van der Waals surface area contributed by atoms with E-state index in [-0.39, 0.29) is 16.7 Å². The van der Waals surface area contributed by atoms with Crippen molar-refractivity contribution >= 4 is 35.0 Å². The Bertz CT molecular complexity index is 575. The van der Waals surface area contributed by atoms with Crippen molar-refractivity contribution in [2.75, 3.05) is 11.1 Å². The van der Waals surface area contributed by atoms with Crippen LogP contribution in [0.2, 0.25) is 5.02 Å². The van der Waals surface area contributed by atoms with E-state index in [1.54, 1.807) is 6.07 Å². The standard InChI is InChI=1S/C14H12ClNO2S/c15-12-8-10(6-7-13(12)17)16-14(18)9-19-11-4-2-1-3-5-11/h1-8,17H,9H2,(H,16,18). The summed E-state index contributed by atoms with van der Waals surface area (Å²) in [4.78, 5) is 12.8. The van der Waals surface area contributed by atoms with E-state index in [1.807, 2.05) is 30.3 Å². The summed E-state index contributed by atoms with van der Waals surface area (Å²) >= 11 is 7.22. The number of carbonyl (C=O) groups is 1. The van der Waals surface area contributed by atoms with E-state index in [0.29, 0.717) is 11.4 Å². The Labute approximate surface area is 120 Å². The number of phenolic OH excluding ortho intramolecular Hbond substituents is 1. The minimum Gasteiger partial charge on any atom is -0.506 e. The highest BCUT2D eigenvalue weighted by molar-refractivity contribution is 8.00. The summed E-state index contributed by atoms with van der Waals surface area (Å²) < 4.78 is 0. The number of halogens is 1. The molecule has 5 heteroatoms. The molecule has 0 unspecified atom stereocenters. The van der Waals surface area contributed by atoms with Crippen LogP contribution < -0.4 is 5.32 Å². The first-order valence-electron chi connectivity index (χ1n) is 5.61. The van der Waals surface area contributed by atoms with Crippen molar-refractivity contribution < 1.29 is 9.90 Å². The van der Waals surface area contributed by atoms with Crippen LogP contribution in [0.1, 0.15) is 0 Å². The van der Waals surface area contributed by atoms with Crippen LogP contribution in [0, 0.1) is 0 Å². The van der Waals surface area contributed by atoms with Crippen LogP contribution in [0.5, 0.6) is 5.75 Å². The van der Waals surface area contributed by atoms with Gasteiger partial charge >= 0.3 is 0 Å². The van der Waals surface area contributed by atoms with Gasteiger partial charge in [0.1, 0.15) is 5.75 Å². The number of anilines is 1. The van der Waals surface area contributed by atoms with E-state index >= 15 is 0 Å². The lowest BCUT2D eigenvalue weighted by Gasteiger charge is -2.06. The maximum atomic E-state index is 11.7.